The number of nitrogen functional groups attached to an aromatic ring is 1. The van der Waals surface area contributed by atoms with Gasteiger partial charge in [-0.15, -0.1) is 0 Å². The highest BCUT2D eigenvalue weighted by Crippen LogP contribution is 2.28. The lowest BCUT2D eigenvalue weighted by atomic mass is 10.1. The molecule has 0 amide bonds. The molecule has 2 aromatic rings. The molecule has 0 saturated heterocycles. The fourth-order valence-corrected chi connectivity index (χ4v) is 2.19. The maximum Gasteiger partial charge on any atom is 0.194 e. The molecule has 1 aromatic carbocycles. The van der Waals surface area contributed by atoms with E-state index in [1.807, 2.05) is 13.8 Å². The van der Waals surface area contributed by atoms with Crippen LogP contribution in [0.25, 0.3) is 11.4 Å². The molecular weight excluding hydrogens is 347 g/mol. The Labute approximate surface area is 128 Å². The van der Waals surface area contributed by atoms with E-state index in [1.165, 1.54) is 0 Å². The van der Waals surface area contributed by atoms with E-state index in [0.717, 1.165) is 12.1 Å². The Kier molecular flexibility index (Phi) is 4.51. The van der Waals surface area contributed by atoms with E-state index in [-0.39, 0.29) is 17.2 Å². The summed E-state index contributed by atoms with van der Waals surface area (Å²) >= 11 is 3.30. The number of nitrogens with two attached hydrogens (primary N) is 1. The second kappa shape index (κ2) is 6.01. The summed E-state index contributed by atoms with van der Waals surface area (Å²) in [7, 11) is 0. The number of hydrogen-bond acceptors (Lipinski definition) is 3. The average molecular weight is 360 g/mol. The molecule has 0 aliphatic heterocycles. The quantitative estimate of drug-likeness (QED) is 0.839. The first-order valence-corrected chi connectivity index (χ1v) is 7.05. The Bertz CT molecular complexity index is 666. The van der Waals surface area contributed by atoms with Crippen LogP contribution in [0.4, 0.5) is 19.0 Å². The number of hydrogen-bond donors (Lipinski definition) is 1. The molecular formula is C14H13BrF3N3. The Morgan fingerprint density at radius 2 is 1.71 bits per heavy atom. The second-order valence-corrected chi connectivity index (χ2v) is 5.84. The van der Waals surface area contributed by atoms with Crippen LogP contribution in [0.3, 0.4) is 0 Å². The van der Waals surface area contributed by atoms with Gasteiger partial charge in [-0.3, -0.25) is 0 Å². The van der Waals surface area contributed by atoms with E-state index in [4.69, 9.17) is 5.73 Å². The van der Waals surface area contributed by atoms with Crippen molar-refractivity contribution in [3.05, 3.63) is 39.8 Å². The SMILES string of the molecule is CC(C)Cc1nc(-c2cc(F)c(F)c(F)c2)nc(N)c1Br. The largest absolute Gasteiger partial charge is 0.383 e. The maximum absolute atomic E-state index is 13.3. The molecule has 2 N–H and O–H groups in total. The fraction of sp³-hybridized carbons (Fsp3) is 0.286. The summed E-state index contributed by atoms with van der Waals surface area (Å²) in [6.45, 7) is 4.00. The van der Waals surface area contributed by atoms with Crippen molar-refractivity contribution >= 4 is 21.7 Å². The molecule has 1 aromatic heterocycles. The van der Waals surface area contributed by atoms with Gasteiger partial charge in [-0.25, -0.2) is 23.1 Å². The van der Waals surface area contributed by atoms with Gasteiger partial charge in [0.05, 0.1) is 10.2 Å². The third kappa shape index (κ3) is 3.34. The van der Waals surface area contributed by atoms with Gasteiger partial charge in [0.2, 0.25) is 0 Å². The van der Waals surface area contributed by atoms with Crippen LogP contribution in [0.2, 0.25) is 0 Å². The van der Waals surface area contributed by atoms with E-state index in [0.29, 0.717) is 22.5 Å². The van der Waals surface area contributed by atoms with Crippen molar-refractivity contribution in [2.45, 2.75) is 20.3 Å². The first kappa shape index (κ1) is 15.8. The third-order valence-corrected chi connectivity index (χ3v) is 3.65. The monoisotopic (exact) mass is 359 g/mol. The maximum atomic E-state index is 13.3. The number of halogens is 4. The van der Waals surface area contributed by atoms with Gasteiger partial charge >= 0.3 is 0 Å². The summed E-state index contributed by atoms with van der Waals surface area (Å²) < 4.78 is 40.2. The van der Waals surface area contributed by atoms with Crippen LogP contribution < -0.4 is 5.73 Å². The molecule has 0 aliphatic rings. The Morgan fingerprint density at radius 3 is 2.24 bits per heavy atom. The predicted molar refractivity (Wildman–Crippen MR) is 78.0 cm³/mol. The summed E-state index contributed by atoms with van der Waals surface area (Å²) in [6.07, 6.45) is 0.618. The molecule has 0 aliphatic carbocycles. The number of aromatic nitrogens is 2. The van der Waals surface area contributed by atoms with Gasteiger partial charge in [0.15, 0.2) is 23.3 Å². The number of anilines is 1. The van der Waals surface area contributed by atoms with Crippen molar-refractivity contribution < 1.29 is 13.2 Å². The van der Waals surface area contributed by atoms with Gasteiger partial charge in [-0.05, 0) is 40.4 Å². The minimum Gasteiger partial charge on any atom is -0.383 e. The zero-order chi connectivity index (χ0) is 15.7. The molecule has 2 rings (SSSR count). The van der Waals surface area contributed by atoms with Crippen molar-refractivity contribution in [1.29, 1.82) is 0 Å². The number of benzene rings is 1. The molecule has 0 saturated carbocycles. The third-order valence-electron chi connectivity index (χ3n) is 2.79. The topological polar surface area (TPSA) is 51.8 Å². The molecule has 0 spiro atoms. The normalized spacial score (nSPS) is 11.2. The van der Waals surface area contributed by atoms with E-state index in [2.05, 4.69) is 25.9 Å². The minimum absolute atomic E-state index is 0.0376. The highest BCUT2D eigenvalue weighted by Gasteiger charge is 2.16. The molecule has 0 radical (unpaired) electrons. The van der Waals surface area contributed by atoms with Gasteiger partial charge in [-0.1, -0.05) is 13.8 Å². The Hall–Kier alpha value is -1.63. The summed E-state index contributed by atoms with van der Waals surface area (Å²) in [5.74, 6) is -3.57. The van der Waals surface area contributed by atoms with E-state index < -0.39 is 17.5 Å². The van der Waals surface area contributed by atoms with Gasteiger partial charge in [0.1, 0.15) is 5.82 Å². The first-order chi connectivity index (χ1) is 9.79. The molecule has 7 heteroatoms. The molecule has 0 unspecified atom stereocenters. The van der Waals surface area contributed by atoms with E-state index in [9.17, 15) is 13.2 Å². The van der Waals surface area contributed by atoms with Crippen molar-refractivity contribution in [2.75, 3.05) is 5.73 Å². The van der Waals surface area contributed by atoms with Gasteiger partial charge < -0.3 is 5.73 Å². The van der Waals surface area contributed by atoms with E-state index in [1.54, 1.807) is 0 Å². The summed E-state index contributed by atoms with van der Waals surface area (Å²) in [5.41, 5.74) is 6.46. The lowest BCUT2D eigenvalue weighted by molar-refractivity contribution is 0.447. The zero-order valence-corrected chi connectivity index (χ0v) is 13.0. The second-order valence-electron chi connectivity index (χ2n) is 5.04. The fourth-order valence-electron chi connectivity index (χ4n) is 1.85. The van der Waals surface area contributed by atoms with Crippen LogP contribution in [0.5, 0.6) is 0 Å². The smallest absolute Gasteiger partial charge is 0.194 e. The summed E-state index contributed by atoms with van der Waals surface area (Å²) in [5, 5.41) is 0. The highest BCUT2D eigenvalue weighted by molar-refractivity contribution is 9.10. The predicted octanol–water partition coefficient (Wildman–Crippen LogP) is 4.10. The molecule has 0 atom stereocenters. The molecule has 0 fully saturated rings. The summed E-state index contributed by atoms with van der Waals surface area (Å²) in [4.78, 5) is 8.25. The van der Waals surface area contributed by atoms with Gasteiger partial charge in [0.25, 0.3) is 0 Å². The van der Waals surface area contributed by atoms with Crippen LogP contribution in [0.1, 0.15) is 19.5 Å². The van der Waals surface area contributed by atoms with Crippen LogP contribution in [0, 0.1) is 23.4 Å². The van der Waals surface area contributed by atoms with Crippen molar-refractivity contribution in [1.82, 2.24) is 9.97 Å². The Morgan fingerprint density at radius 1 is 1.14 bits per heavy atom. The molecule has 1 heterocycles. The van der Waals surface area contributed by atoms with Crippen molar-refractivity contribution in [3.63, 3.8) is 0 Å². The van der Waals surface area contributed by atoms with Crippen LogP contribution in [-0.4, -0.2) is 9.97 Å². The molecule has 3 nitrogen and oxygen atoms in total. The Balaban J connectivity index is 2.57. The lowest BCUT2D eigenvalue weighted by Crippen LogP contribution is -2.06. The van der Waals surface area contributed by atoms with Crippen molar-refractivity contribution in [2.24, 2.45) is 5.92 Å². The minimum atomic E-state index is -1.52. The first-order valence-electron chi connectivity index (χ1n) is 6.26. The van der Waals surface area contributed by atoms with Crippen LogP contribution in [0.15, 0.2) is 16.6 Å². The molecule has 0 bridgehead atoms. The standard InChI is InChI=1S/C14H13BrF3N3/c1-6(2)3-10-11(15)13(19)21-14(20-10)7-4-8(16)12(18)9(17)5-7/h4-6H,3H2,1-2H3,(H2,19,20,21). The van der Waals surface area contributed by atoms with Crippen molar-refractivity contribution in [3.8, 4) is 11.4 Å². The van der Waals surface area contributed by atoms with Crippen LogP contribution in [-0.2, 0) is 6.42 Å². The highest BCUT2D eigenvalue weighted by atomic mass is 79.9. The van der Waals surface area contributed by atoms with Gasteiger partial charge in [-0.2, -0.15) is 0 Å². The van der Waals surface area contributed by atoms with Crippen LogP contribution >= 0.6 is 15.9 Å². The lowest BCUT2D eigenvalue weighted by Gasteiger charge is -2.11. The summed E-state index contributed by atoms with van der Waals surface area (Å²) in [6, 6.07) is 1.69. The molecule has 112 valence electrons. The van der Waals surface area contributed by atoms with Gasteiger partial charge in [0, 0.05) is 5.56 Å². The van der Waals surface area contributed by atoms with E-state index >= 15 is 0 Å². The number of rotatable bonds is 3. The number of nitrogens with zero attached hydrogens (tertiary/aromatic N) is 2. The average Bonchev–Trinajstić information content (AvgIpc) is 2.39. The zero-order valence-electron chi connectivity index (χ0n) is 11.4. The molecule has 21 heavy (non-hydrogen) atoms.